The number of carbonyl (C=O) groups excluding carboxylic acids is 1. The van der Waals surface area contributed by atoms with Crippen LogP contribution in [0.3, 0.4) is 0 Å². The fraction of sp³-hybridized carbons (Fsp3) is 0.526. The van der Waals surface area contributed by atoms with E-state index in [1.54, 1.807) is 6.20 Å². The molecule has 0 spiro atoms. The highest BCUT2D eigenvalue weighted by Gasteiger charge is 2.54. The van der Waals surface area contributed by atoms with Gasteiger partial charge in [-0.1, -0.05) is 0 Å². The Bertz CT molecular complexity index is 1010. The molecule has 3 aromatic heterocycles. The summed E-state index contributed by atoms with van der Waals surface area (Å²) in [6.07, 6.45) is 8.72. The zero-order valence-corrected chi connectivity index (χ0v) is 14.9. The van der Waals surface area contributed by atoms with Crippen molar-refractivity contribution in [1.82, 2.24) is 24.8 Å². The van der Waals surface area contributed by atoms with Crippen molar-refractivity contribution in [3.05, 3.63) is 24.3 Å². The average molecular weight is 353 g/mol. The van der Waals surface area contributed by atoms with Gasteiger partial charge in [-0.25, -0.2) is 9.97 Å². The molecule has 5 rings (SSSR count). The zero-order valence-electron chi connectivity index (χ0n) is 14.9. The van der Waals surface area contributed by atoms with Gasteiger partial charge in [-0.3, -0.25) is 4.79 Å². The van der Waals surface area contributed by atoms with E-state index < -0.39 is 0 Å². The van der Waals surface area contributed by atoms with Gasteiger partial charge in [-0.05, 0) is 43.6 Å². The largest absolute Gasteiger partial charge is 0.396 e. The van der Waals surface area contributed by atoms with Gasteiger partial charge < -0.3 is 20.0 Å². The van der Waals surface area contributed by atoms with Gasteiger partial charge in [0.2, 0.25) is 5.91 Å². The highest BCUT2D eigenvalue weighted by atomic mass is 16.3. The third kappa shape index (κ3) is 2.19. The molecule has 3 aromatic rings. The normalized spacial score (nSPS) is 27.6. The fourth-order valence-corrected chi connectivity index (χ4v) is 5.12. The molecule has 0 aliphatic heterocycles. The minimum absolute atomic E-state index is 0.0114. The van der Waals surface area contributed by atoms with Crippen LogP contribution in [-0.2, 0) is 18.3 Å². The number of nitrogens with one attached hydrogen (secondary N) is 2. The van der Waals surface area contributed by atoms with Gasteiger partial charge in [0.15, 0.2) is 0 Å². The van der Waals surface area contributed by atoms with Crippen LogP contribution < -0.4 is 5.32 Å². The van der Waals surface area contributed by atoms with Gasteiger partial charge in [0.25, 0.3) is 0 Å². The maximum Gasteiger partial charge on any atom is 0.228 e. The minimum atomic E-state index is -0.125. The summed E-state index contributed by atoms with van der Waals surface area (Å²) >= 11 is 0. The van der Waals surface area contributed by atoms with Crippen molar-refractivity contribution in [2.75, 3.05) is 6.61 Å². The summed E-state index contributed by atoms with van der Waals surface area (Å²) in [4.78, 5) is 24.9. The Morgan fingerprint density at radius 1 is 1.38 bits per heavy atom. The maximum atomic E-state index is 12.7. The summed E-state index contributed by atoms with van der Waals surface area (Å²) in [5.74, 6) is 0.756. The molecule has 0 aromatic carbocycles. The van der Waals surface area contributed by atoms with Gasteiger partial charge in [0, 0.05) is 30.8 Å². The predicted octanol–water partition coefficient (Wildman–Crippen LogP) is 1.80. The number of pyridine rings is 1. The van der Waals surface area contributed by atoms with E-state index in [4.69, 9.17) is 0 Å². The average Bonchev–Trinajstić information content (AvgIpc) is 3.37. The van der Waals surface area contributed by atoms with E-state index in [9.17, 15) is 9.90 Å². The molecule has 2 fully saturated rings. The number of fused-ring (bicyclic) bond motifs is 5. The van der Waals surface area contributed by atoms with Crippen LogP contribution in [0.1, 0.15) is 37.9 Å². The van der Waals surface area contributed by atoms with Crippen LogP contribution in [0.5, 0.6) is 0 Å². The van der Waals surface area contributed by atoms with E-state index in [0.717, 1.165) is 60.0 Å². The standard InChI is InChI=1S/C19H23N5O2/c1-24-14(22-13-9-21-17-12(16(13)24)2-7-20-17)8-15(26)23-19-5-3-18(10-19,11-25)4-6-19/h2,7,9,25H,3-6,8,10-11H2,1H3,(H,20,21)(H,23,26). The molecule has 2 bridgehead atoms. The number of aliphatic hydroxyl groups is 1. The molecule has 0 saturated heterocycles. The molecule has 2 aliphatic rings. The van der Waals surface area contributed by atoms with Crippen molar-refractivity contribution in [2.45, 2.75) is 44.1 Å². The molecule has 2 saturated carbocycles. The van der Waals surface area contributed by atoms with Crippen LogP contribution >= 0.6 is 0 Å². The Kier molecular flexibility index (Phi) is 3.22. The summed E-state index contributed by atoms with van der Waals surface area (Å²) in [5, 5.41) is 14.0. The van der Waals surface area contributed by atoms with E-state index in [1.165, 1.54) is 0 Å². The smallest absolute Gasteiger partial charge is 0.228 e. The molecule has 0 radical (unpaired) electrons. The van der Waals surface area contributed by atoms with E-state index in [0.29, 0.717) is 0 Å². The number of aromatic amines is 1. The SMILES string of the molecule is Cn1c(CC(=O)NC23CCC(CO)(CC2)C3)nc2cnc3[nH]ccc3c21. The first-order valence-electron chi connectivity index (χ1n) is 9.23. The molecule has 136 valence electrons. The van der Waals surface area contributed by atoms with E-state index in [1.807, 2.05) is 23.9 Å². The lowest BCUT2D eigenvalue weighted by molar-refractivity contribution is -0.122. The molecule has 7 heteroatoms. The second-order valence-electron chi connectivity index (χ2n) is 8.16. The molecule has 3 N–H and O–H groups in total. The van der Waals surface area contributed by atoms with Crippen LogP contribution in [0.15, 0.2) is 18.5 Å². The number of hydrogen-bond donors (Lipinski definition) is 3. The number of aryl methyl sites for hydroxylation is 1. The number of imidazole rings is 1. The first kappa shape index (κ1) is 15.8. The van der Waals surface area contributed by atoms with E-state index in [2.05, 4.69) is 20.3 Å². The number of aromatic nitrogens is 4. The molecule has 7 nitrogen and oxygen atoms in total. The number of aliphatic hydroxyl groups excluding tert-OH is 1. The minimum Gasteiger partial charge on any atom is -0.396 e. The van der Waals surface area contributed by atoms with Crippen LogP contribution in [0.2, 0.25) is 0 Å². The molecular formula is C19H23N5O2. The molecule has 26 heavy (non-hydrogen) atoms. The Morgan fingerprint density at radius 3 is 2.92 bits per heavy atom. The van der Waals surface area contributed by atoms with Gasteiger partial charge in [-0.2, -0.15) is 0 Å². The monoisotopic (exact) mass is 353 g/mol. The topological polar surface area (TPSA) is 95.8 Å². The van der Waals surface area contributed by atoms with Gasteiger partial charge in [-0.15, -0.1) is 0 Å². The lowest BCUT2D eigenvalue weighted by atomic mass is 9.85. The highest BCUT2D eigenvalue weighted by molar-refractivity contribution is 6.01. The Balaban J connectivity index is 1.40. The number of carbonyl (C=O) groups is 1. The second kappa shape index (κ2) is 5.30. The van der Waals surface area contributed by atoms with Crippen molar-refractivity contribution in [3.8, 4) is 0 Å². The van der Waals surface area contributed by atoms with Crippen LogP contribution in [0, 0.1) is 5.41 Å². The molecule has 1 amide bonds. The van der Waals surface area contributed by atoms with E-state index >= 15 is 0 Å². The van der Waals surface area contributed by atoms with Crippen LogP contribution in [0.4, 0.5) is 0 Å². The Morgan fingerprint density at radius 2 is 2.19 bits per heavy atom. The Labute approximate surface area is 150 Å². The molecule has 2 aliphatic carbocycles. The maximum absolute atomic E-state index is 12.7. The first-order valence-corrected chi connectivity index (χ1v) is 9.23. The lowest BCUT2D eigenvalue weighted by Gasteiger charge is -2.28. The molecule has 3 heterocycles. The second-order valence-corrected chi connectivity index (χ2v) is 8.16. The van der Waals surface area contributed by atoms with Gasteiger partial charge in [0.1, 0.15) is 17.0 Å². The Hall–Kier alpha value is -2.41. The summed E-state index contributed by atoms with van der Waals surface area (Å²) < 4.78 is 1.99. The van der Waals surface area contributed by atoms with Gasteiger partial charge >= 0.3 is 0 Å². The van der Waals surface area contributed by atoms with Crippen molar-refractivity contribution < 1.29 is 9.90 Å². The number of nitrogens with zero attached hydrogens (tertiary/aromatic N) is 3. The third-order valence-electron chi connectivity index (χ3n) is 6.55. The molecular weight excluding hydrogens is 330 g/mol. The highest BCUT2D eigenvalue weighted by Crippen LogP contribution is 2.56. The van der Waals surface area contributed by atoms with Crippen molar-refractivity contribution in [3.63, 3.8) is 0 Å². The molecule has 0 unspecified atom stereocenters. The lowest BCUT2D eigenvalue weighted by Crippen LogP contribution is -2.45. The predicted molar refractivity (Wildman–Crippen MR) is 97.5 cm³/mol. The zero-order chi connectivity index (χ0) is 17.9. The number of hydrogen-bond acceptors (Lipinski definition) is 4. The van der Waals surface area contributed by atoms with Crippen LogP contribution in [-0.4, -0.2) is 42.7 Å². The fourth-order valence-electron chi connectivity index (χ4n) is 5.12. The van der Waals surface area contributed by atoms with Crippen LogP contribution in [0.25, 0.3) is 22.1 Å². The quantitative estimate of drug-likeness (QED) is 0.666. The van der Waals surface area contributed by atoms with Crippen molar-refractivity contribution in [1.29, 1.82) is 0 Å². The number of rotatable bonds is 4. The number of amides is 1. The van der Waals surface area contributed by atoms with Crippen molar-refractivity contribution in [2.24, 2.45) is 12.5 Å². The third-order valence-corrected chi connectivity index (χ3v) is 6.55. The summed E-state index contributed by atoms with van der Waals surface area (Å²) in [6.45, 7) is 0.231. The summed E-state index contributed by atoms with van der Waals surface area (Å²) in [5.41, 5.74) is 2.55. The summed E-state index contributed by atoms with van der Waals surface area (Å²) in [6, 6.07) is 1.99. The first-order chi connectivity index (χ1) is 12.5. The number of H-pyrrole nitrogens is 1. The van der Waals surface area contributed by atoms with Crippen molar-refractivity contribution >= 4 is 28.0 Å². The van der Waals surface area contributed by atoms with E-state index in [-0.39, 0.29) is 29.9 Å². The molecule has 0 atom stereocenters. The van der Waals surface area contributed by atoms with Gasteiger partial charge in [0.05, 0.1) is 18.1 Å². The summed E-state index contributed by atoms with van der Waals surface area (Å²) in [7, 11) is 1.95.